The standard InChI is InChI=1S/C19H18F2N2O2/c1-4-15(6-5-14(3)25-19(20)21)16-7-9-22-18(11-16)23-10-8-17(24)13(2)12-23/h4-12,19H,3H2,1-2H3. The minimum atomic E-state index is -2.90. The van der Waals surface area contributed by atoms with Crippen LogP contribution in [0.2, 0.25) is 0 Å². The highest BCUT2D eigenvalue weighted by Gasteiger charge is 2.05. The number of alkyl halides is 2. The number of hydrogen-bond acceptors (Lipinski definition) is 3. The van der Waals surface area contributed by atoms with Crippen LogP contribution in [0, 0.1) is 6.92 Å². The Kier molecular flexibility index (Phi) is 6.00. The van der Waals surface area contributed by atoms with E-state index < -0.39 is 6.61 Å². The molecule has 0 bridgehead atoms. The average Bonchev–Trinajstić information content (AvgIpc) is 2.57. The molecular weight excluding hydrogens is 326 g/mol. The number of ether oxygens (including phenoxy) is 1. The first kappa shape index (κ1) is 18.3. The molecule has 0 aromatic carbocycles. The molecule has 0 N–H and O–H groups in total. The maximum atomic E-state index is 12.2. The molecule has 0 spiro atoms. The minimum Gasteiger partial charge on any atom is -0.435 e. The van der Waals surface area contributed by atoms with Crippen LogP contribution < -0.4 is 5.43 Å². The molecule has 0 amide bonds. The fourth-order valence-electron chi connectivity index (χ4n) is 2.17. The third kappa shape index (κ3) is 4.97. The summed E-state index contributed by atoms with van der Waals surface area (Å²) >= 11 is 0. The van der Waals surface area contributed by atoms with Crippen molar-refractivity contribution in [2.75, 3.05) is 0 Å². The second-order valence-corrected chi connectivity index (χ2v) is 5.22. The van der Waals surface area contributed by atoms with Crippen molar-refractivity contribution in [3.63, 3.8) is 0 Å². The molecule has 6 heteroatoms. The van der Waals surface area contributed by atoms with Crippen molar-refractivity contribution >= 4 is 5.57 Å². The van der Waals surface area contributed by atoms with Gasteiger partial charge in [0, 0.05) is 30.2 Å². The van der Waals surface area contributed by atoms with Gasteiger partial charge in [0.05, 0.1) is 0 Å². The molecule has 0 atom stereocenters. The summed E-state index contributed by atoms with van der Waals surface area (Å²) in [5.41, 5.74) is 2.20. The Morgan fingerprint density at radius 3 is 2.76 bits per heavy atom. The molecule has 2 rings (SSSR count). The van der Waals surface area contributed by atoms with Gasteiger partial charge in [-0.15, -0.1) is 0 Å². The fourth-order valence-corrected chi connectivity index (χ4v) is 2.17. The Morgan fingerprint density at radius 1 is 1.36 bits per heavy atom. The van der Waals surface area contributed by atoms with Crippen LogP contribution in [-0.2, 0) is 4.74 Å². The molecule has 25 heavy (non-hydrogen) atoms. The van der Waals surface area contributed by atoms with Crippen LogP contribution >= 0.6 is 0 Å². The number of allylic oxidation sites excluding steroid dienone is 4. The number of halogens is 2. The molecule has 0 radical (unpaired) electrons. The smallest absolute Gasteiger partial charge is 0.387 e. The Labute approximate surface area is 144 Å². The second-order valence-electron chi connectivity index (χ2n) is 5.22. The van der Waals surface area contributed by atoms with Crippen molar-refractivity contribution in [3.8, 4) is 5.82 Å². The average molecular weight is 344 g/mol. The van der Waals surface area contributed by atoms with Gasteiger partial charge in [0.15, 0.2) is 5.43 Å². The summed E-state index contributed by atoms with van der Waals surface area (Å²) in [5.74, 6) is 0.510. The van der Waals surface area contributed by atoms with Gasteiger partial charge < -0.3 is 9.30 Å². The molecule has 0 aliphatic carbocycles. The first-order chi connectivity index (χ1) is 11.9. The molecule has 0 saturated carbocycles. The van der Waals surface area contributed by atoms with E-state index in [0.717, 1.165) is 11.1 Å². The number of pyridine rings is 2. The number of rotatable bonds is 6. The summed E-state index contributed by atoms with van der Waals surface area (Å²) in [6.07, 6.45) is 9.84. The zero-order valence-electron chi connectivity index (χ0n) is 13.9. The Hall–Kier alpha value is -3.02. The van der Waals surface area contributed by atoms with E-state index in [0.29, 0.717) is 11.4 Å². The van der Waals surface area contributed by atoms with Crippen LogP contribution in [0.3, 0.4) is 0 Å². The van der Waals surface area contributed by atoms with Crippen molar-refractivity contribution in [1.29, 1.82) is 0 Å². The zero-order chi connectivity index (χ0) is 18.4. The Morgan fingerprint density at radius 2 is 2.12 bits per heavy atom. The lowest BCUT2D eigenvalue weighted by Crippen LogP contribution is -2.08. The highest BCUT2D eigenvalue weighted by molar-refractivity contribution is 5.74. The van der Waals surface area contributed by atoms with Crippen molar-refractivity contribution in [3.05, 3.63) is 88.7 Å². The van der Waals surface area contributed by atoms with Gasteiger partial charge in [-0.1, -0.05) is 18.7 Å². The highest BCUT2D eigenvalue weighted by Crippen LogP contribution is 2.19. The summed E-state index contributed by atoms with van der Waals surface area (Å²) in [5, 5.41) is 0. The predicted octanol–water partition coefficient (Wildman–Crippen LogP) is 4.25. The third-order valence-electron chi connectivity index (χ3n) is 3.45. The van der Waals surface area contributed by atoms with Gasteiger partial charge in [0.25, 0.3) is 0 Å². The highest BCUT2D eigenvalue weighted by atomic mass is 19.3. The van der Waals surface area contributed by atoms with E-state index in [1.165, 1.54) is 12.1 Å². The van der Waals surface area contributed by atoms with Gasteiger partial charge in [0.2, 0.25) is 0 Å². The summed E-state index contributed by atoms with van der Waals surface area (Å²) in [4.78, 5) is 15.8. The summed E-state index contributed by atoms with van der Waals surface area (Å²) in [6.45, 7) is 4.08. The van der Waals surface area contributed by atoms with Gasteiger partial charge in [0.1, 0.15) is 11.6 Å². The van der Waals surface area contributed by atoms with Crippen LogP contribution in [0.25, 0.3) is 11.4 Å². The van der Waals surface area contributed by atoms with Crippen LogP contribution in [0.1, 0.15) is 18.1 Å². The third-order valence-corrected chi connectivity index (χ3v) is 3.45. The fraction of sp³-hybridized carbons (Fsp3) is 0.158. The number of nitrogens with zero attached hydrogens (tertiary/aromatic N) is 2. The van der Waals surface area contributed by atoms with Crippen LogP contribution in [0.4, 0.5) is 8.78 Å². The molecule has 0 fully saturated rings. The summed E-state index contributed by atoms with van der Waals surface area (Å²) < 4.78 is 30.3. The number of hydrogen-bond donors (Lipinski definition) is 0. The monoisotopic (exact) mass is 344 g/mol. The van der Waals surface area contributed by atoms with E-state index in [-0.39, 0.29) is 11.2 Å². The maximum absolute atomic E-state index is 12.2. The van der Waals surface area contributed by atoms with Crippen molar-refractivity contribution in [2.45, 2.75) is 20.5 Å². The second kappa shape index (κ2) is 8.19. The molecule has 2 aromatic rings. The van der Waals surface area contributed by atoms with E-state index in [9.17, 15) is 13.6 Å². The number of aryl methyl sites for hydroxylation is 1. The van der Waals surface area contributed by atoms with E-state index in [1.807, 2.05) is 19.1 Å². The molecule has 4 nitrogen and oxygen atoms in total. The predicted molar refractivity (Wildman–Crippen MR) is 93.6 cm³/mol. The van der Waals surface area contributed by atoms with Gasteiger partial charge in [-0.05, 0) is 43.2 Å². The maximum Gasteiger partial charge on any atom is 0.387 e. The van der Waals surface area contributed by atoms with Gasteiger partial charge >= 0.3 is 6.61 Å². The molecule has 2 aromatic heterocycles. The van der Waals surface area contributed by atoms with E-state index in [2.05, 4.69) is 16.3 Å². The van der Waals surface area contributed by atoms with Crippen molar-refractivity contribution < 1.29 is 13.5 Å². The zero-order valence-corrected chi connectivity index (χ0v) is 13.9. The quantitative estimate of drug-likeness (QED) is 0.581. The first-order valence-corrected chi connectivity index (χ1v) is 7.54. The summed E-state index contributed by atoms with van der Waals surface area (Å²) in [6, 6.07) is 5.11. The normalized spacial score (nSPS) is 12.0. The molecule has 130 valence electrons. The minimum absolute atomic E-state index is 0.0398. The van der Waals surface area contributed by atoms with Gasteiger partial charge in [-0.3, -0.25) is 4.79 Å². The summed E-state index contributed by atoms with van der Waals surface area (Å²) in [7, 11) is 0. The van der Waals surface area contributed by atoms with E-state index in [1.54, 1.807) is 42.2 Å². The van der Waals surface area contributed by atoms with Gasteiger partial charge in [-0.25, -0.2) is 4.98 Å². The van der Waals surface area contributed by atoms with Crippen molar-refractivity contribution in [2.24, 2.45) is 0 Å². The molecular formula is C19H18F2N2O2. The SMILES string of the molecule is C=C(C=CC(=CC)c1ccnc(-n2ccc(=O)c(C)c2)c1)OC(F)F. The molecule has 0 aliphatic rings. The largest absolute Gasteiger partial charge is 0.435 e. The van der Waals surface area contributed by atoms with Gasteiger partial charge in [-0.2, -0.15) is 8.78 Å². The topological polar surface area (TPSA) is 44.1 Å². The van der Waals surface area contributed by atoms with E-state index in [4.69, 9.17) is 0 Å². The molecule has 2 heterocycles. The lowest BCUT2D eigenvalue weighted by Gasteiger charge is -2.09. The van der Waals surface area contributed by atoms with Crippen LogP contribution in [0.15, 0.2) is 72.2 Å². The van der Waals surface area contributed by atoms with Crippen LogP contribution in [-0.4, -0.2) is 16.2 Å². The first-order valence-electron chi connectivity index (χ1n) is 7.54. The Bertz CT molecular complexity index is 883. The number of aromatic nitrogens is 2. The Balaban J connectivity index is 2.29. The van der Waals surface area contributed by atoms with E-state index >= 15 is 0 Å². The lowest BCUT2D eigenvalue weighted by molar-refractivity contribution is -0.0915. The molecule has 0 saturated heterocycles. The van der Waals surface area contributed by atoms with Crippen molar-refractivity contribution in [1.82, 2.24) is 9.55 Å². The lowest BCUT2D eigenvalue weighted by atomic mass is 10.1. The molecule has 0 aliphatic heterocycles. The van der Waals surface area contributed by atoms with Crippen LogP contribution in [0.5, 0.6) is 0 Å². The molecule has 0 unspecified atom stereocenters.